The number of aryl methyl sites for hydroxylation is 2. The molecule has 26 heavy (non-hydrogen) atoms. The Bertz CT molecular complexity index is 782. The zero-order valence-electron chi connectivity index (χ0n) is 16.3. The number of hydrogen-bond acceptors (Lipinski definition) is 5. The van der Waals surface area contributed by atoms with Gasteiger partial charge in [-0.3, -0.25) is 0 Å². The molecule has 1 heterocycles. The number of nitrogens with zero attached hydrogens (tertiary/aromatic N) is 1. The van der Waals surface area contributed by atoms with Gasteiger partial charge in [0.15, 0.2) is 5.75 Å². The fraction of sp³-hybridized carbons (Fsp3) is 0.450. The fourth-order valence-electron chi connectivity index (χ4n) is 3.21. The van der Waals surface area contributed by atoms with E-state index in [1.165, 1.54) is 0 Å². The van der Waals surface area contributed by atoms with Gasteiger partial charge in [0.05, 0.1) is 25.0 Å². The number of carbonyl (C=O) groups is 1. The van der Waals surface area contributed by atoms with Crippen molar-refractivity contribution in [2.45, 2.75) is 40.5 Å². The van der Waals surface area contributed by atoms with Crippen molar-refractivity contribution in [3.05, 3.63) is 29.0 Å². The van der Waals surface area contributed by atoms with Gasteiger partial charge in [0, 0.05) is 12.6 Å². The average Bonchev–Trinajstić information content (AvgIpc) is 2.84. The van der Waals surface area contributed by atoms with Crippen molar-refractivity contribution in [1.82, 2.24) is 4.57 Å². The van der Waals surface area contributed by atoms with E-state index in [9.17, 15) is 9.90 Å². The molecule has 2 rings (SSSR count). The standard InChI is InChI=1S/C20H27NO5/c1-7-13-10-12(4)11-15(24-6)16(13)17-18(26-20(23)25-9-3)14(8-2)21(5)19(17)22/h10-11,22H,7-9H2,1-6H3. The number of benzene rings is 1. The van der Waals surface area contributed by atoms with Gasteiger partial charge in [-0.2, -0.15) is 0 Å². The summed E-state index contributed by atoms with van der Waals surface area (Å²) in [6, 6.07) is 3.95. The van der Waals surface area contributed by atoms with Gasteiger partial charge in [-0.25, -0.2) is 4.79 Å². The number of methoxy groups -OCH3 is 1. The first-order valence-electron chi connectivity index (χ1n) is 8.82. The normalized spacial score (nSPS) is 10.7. The summed E-state index contributed by atoms with van der Waals surface area (Å²) in [6.07, 6.45) is 0.523. The maximum absolute atomic E-state index is 12.0. The summed E-state index contributed by atoms with van der Waals surface area (Å²) in [7, 11) is 3.33. The van der Waals surface area contributed by atoms with Crippen LogP contribution in [0.1, 0.15) is 37.6 Å². The van der Waals surface area contributed by atoms with Crippen LogP contribution in [0.4, 0.5) is 4.79 Å². The summed E-state index contributed by atoms with van der Waals surface area (Å²) >= 11 is 0. The second-order valence-electron chi connectivity index (χ2n) is 6.03. The van der Waals surface area contributed by atoms with E-state index in [0.29, 0.717) is 29.2 Å². The van der Waals surface area contributed by atoms with Crippen molar-refractivity contribution < 1.29 is 24.1 Å². The maximum atomic E-state index is 12.0. The van der Waals surface area contributed by atoms with E-state index >= 15 is 0 Å². The number of aromatic nitrogens is 1. The van der Waals surface area contributed by atoms with Crippen LogP contribution >= 0.6 is 0 Å². The molecule has 0 amide bonds. The van der Waals surface area contributed by atoms with Crippen molar-refractivity contribution in [2.24, 2.45) is 7.05 Å². The van der Waals surface area contributed by atoms with Gasteiger partial charge in [-0.1, -0.05) is 19.9 Å². The number of aromatic hydroxyl groups is 1. The van der Waals surface area contributed by atoms with Crippen LogP contribution in [0.3, 0.4) is 0 Å². The lowest BCUT2D eigenvalue weighted by atomic mass is 9.95. The second-order valence-corrected chi connectivity index (χ2v) is 6.03. The molecule has 142 valence electrons. The highest BCUT2D eigenvalue weighted by Gasteiger charge is 2.28. The molecule has 0 aliphatic heterocycles. The molecule has 2 aromatic rings. The van der Waals surface area contributed by atoms with E-state index in [-0.39, 0.29) is 12.5 Å². The van der Waals surface area contributed by atoms with Gasteiger partial charge in [-0.05, 0) is 43.9 Å². The first-order valence-corrected chi connectivity index (χ1v) is 8.82. The van der Waals surface area contributed by atoms with E-state index < -0.39 is 6.16 Å². The Balaban J connectivity index is 2.79. The zero-order chi connectivity index (χ0) is 19.4. The van der Waals surface area contributed by atoms with Crippen LogP contribution in [-0.2, 0) is 24.6 Å². The molecule has 1 aromatic carbocycles. The molecule has 0 unspecified atom stereocenters. The van der Waals surface area contributed by atoms with E-state index in [1.54, 1.807) is 25.6 Å². The molecule has 1 aromatic heterocycles. The highest BCUT2D eigenvalue weighted by Crippen LogP contribution is 2.48. The number of rotatable bonds is 6. The van der Waals surface area contributed by atoms with Crippen molar-refractivity contribution in [1.29, 1.82) is 0 Å². The molecule has 0 fully saturated rings. The van der Waals surface area contributed by atoms with Crippen LogP contribution in [0.15, 0.2) is 12.1 Å². The van der Waals surface area contributed by atoms with Crippen LogP contribution in [0.5, 0.6) is 17.4 Å². The Hall–Kier alpha value is -2.63. The van der Waals surface area contributed by atoms with Crippen LogP contribution in [0, 0.1) is 6.92 Å². The third-order valence-electron chi connectivity index (χ3n) is 4.40. The average molecular weight is 361 g/mol. The number of ether oxygens (including phenoxy) is 3. The van der Waals surface area contributed by atoms with Crippen LogP contribution < -0.4 is 9.47 Å². The third-order valence-corrected chi connectivity index (χ3v) is 4.40. The molecule has 0 spiro atoms. The Morgan fingerprint density at radius 1 is 1.15 bits per heavy atom. The quantitative estimate of drug-likeness (QED) is 0.774. The largest absolute Gasteiger partial charge is 0.513 e. The number of hydrogen-bond donors (Lipinski definition) is 1. The van der Waals surface area contributed by atoms with Crippen molar-refractivity contribution >= 4 is 6.16 Å². The molecule has 0 bridgehead atoms. The highest BCUT2D eigenvalue weighted by molar-refractivity contribution is 5.86. The minimum Gasteiger partial charge on any atom is -0.496 e. The van der Waals surface area contributed by atoms with Gasteiger partial charge >= 0.3 is 6.16 Å². The molecule has 0 saturated carbocycles. The summed E-state index contributed by atoms with van der Waals surface area (Å²) < 4.78 is 17.6. The predicted octanol–water partition coefficient (Wildman–Crippen LogP) is 4.37. The van der Waals surface area contributed by atoms with Gasteiger partial charge in [0.1, 0.15) is 5.75 Å². The Morgan fingerprint density at radius 2 is 1.85 bits per heavy atom. The summed E-state index contributed by atoms with van der Waals surface area (Å²) in [6.45, 7) is 7.88. The Labute approximate surface area is 154 Å². The number of carbonyl (C=O) groups excluding carboxylic acids is 1. The van der Waals surface area contributed by atoms with Gasteiger partial charge in [-0.15, -0.1) is 0 Å². The predicted molar refractivity (Wildman–Crippen MR) is 100 cm³/mol. The van der Waals surface area contributed by atoms with E-state index in [4.69, 9.17) is 14.2 Å². The van der Waals surface area contributed by atoms with Crippen LogP contribution in [0.25, 0.3) is 11.1 Å². The van der Waals surface area contributed by atoms with Crippen LogP contribution in [-0.4, -0.2) is 29.5 Å². The fourth-order valence-corrected chi connectivity index (χ4v) is 3.21. The maximum Gasteiger partial charge on any atom is 0.513 e. The van der Waals surface area contributed by atoms with E-state index in [0.717, 1.165) is 23.1 Å². The molecular weight excluding hydrogens is 334 g/mol. The zero-order valence-corrected chi connectivity index (χ0v) is 16.3. The molecule has 0 aliphatic rings. The first kappa shape index (κ1) is 19.7. The van der Waals surface area contributed by atoms with Crippen molar-refractivity contribution in [3.8, 4) is 28.5 Å². The van der Waals surface area contributed by atoms with Gasteiger partial charge in [0.2, 0.25) is 5.88 Å². The molecule has 6 heteroatoms. The smallest absolute Gasteiger partial charge is 0.496 e. The summed E-state index contributed by atoms with van der Waals surface area (Å²) in [5.41, 5.74) is 3.94. The molecule has 1 N–H and O–H groups in total. The molecule has 0 radical (unpaired) electrons. The molecular formula is C20H27NO5. The third kappa shape index (κ3) is 3.49. The molecule has 0 atom stereocenters. The van der Waals surface area contributed by atoms with E-state index in [1.807, 2.05) is 32.9 Å². The highest BCUT2D eigenvalue weighted by atomic mass is 16.7. The SMILES string of the molecule is CCOC(=O)Oc1c(-c2c(CC)cc(C)cc2OC)c(O)n(C)c1CC. The summed E-state index contributed by atoms with van der Waals surface area (Å²) in [5.74, 6) is 0.958. The van der Waals surface area contributed by atoms with Gasteiger partial charge < -0.3 is 23.9 Å². The van der Waals surface area contributed by atoms with E-state index in [2.05, 4.69) is 0 Å². The molecule has 0 aliphatic carbocycles. The van der Waals surface area contributed by atoms with Crippen LogP contribution in [0.2, 0.25) is 0 Å². The lowest BCUT2D eigenvalue weighted by molar-refractivity contribution is 0.104. The van der Waals surface area contributed by atoms with Crippen molar-refractivity contribution in [2.75, 3.05) is 13.7 Å². The Morgan fingerprint density at radius 3 is 2.38 bits per heavy atom. The molecule has 6 nitrogen and oxygen atoms in total. The minimum atomic E-state index is -0.793. The monoisotopic (exact) mass is 361 g/mol. The van der Waals surface area contributed by atoms with Crippen molar-refractivity contribution in [3.63, 3.8) is 0 Å². The molecule has 0 saturated heterocycles. The minimum absolute atomic E-state index is 0.0259. The van der Waals surface area contributed by atoms with Gasteiger partial charge in [0.25, 0.3) is 0 Å². The lowest BCUT2D eigenvalue weighted by Gasteiger charge is -2.16. The first-order chi connectivity index (χ1) is 12.4. The summed E-state index contributed by atoms with van der Waals surface area (Å²) in [4.78, 5) is 12.0. The lowest BCUT2D eigenvalue weighted by Crippen LogP contribution is -2.12. The Kier molecular flexibility index (Phi) is 6.18. The topological polar surface area (TPSA) is 69.9 Å². The second kappa shape index (κ2) is 8.17. The summed E-state index contributed by atoms with van der Waals surface area (Å²) in [5, 5.41) is 10.8.